The van der Waals surface area contributed by atoms with Crippen LogP contribution in [0.4, 0.5) is 0 Å². The highest BCUT2D eigenvalue weighted by atomic mass is 32.2. The molecule has 1 aromatic carbocycles. The molecule has 0 spiro atoms. The Labute approximate surface area is 107 Å². The van der Waals surface area contributed by atoms with Gasteiger partial charge in [0.2, 0.25) is 5.91 Å². The van der Waals surface area contributed by atoms with Crippen LogP contribution in [0.2, 0.25) is 0 Å². The van der Waals surface area contributed by atoms with Gasteiger partial charge in [0.1, 0.15) is 0 Å². The second-order valence-electron chi connectivity index (χ2n) is 4.24. The summed E-state index contributed by atoms with van der Waals surface area (Å²) in [5.41, 5.74) is 0.890. The van der Waals surface area contributed by atoms with Crippen LogP contribution in [0, 0.1) is 0 Å². The van der Waals surface area contributed by atoms with Crippen molar-refractivity contribution in [1.29, 1.82) is 0 Å². The first-order chi connectivity index (χ1) is 7.91. The summed E-state index contributed by atoms with van der Waals surface area (Å²) in [7, 11) is 3.52. The Morgan fingerprint density at radius 3 is 2.18 bits per heavy atom. The molecule has 0 saturated heterocycles. The van der Waals surface area contributed by atoms with Gasteiger partial charge >= 0.3 is 0 Å². The van der Waals surface area contributed by atoms with E-state index in [4.69, 9.17) is 0 Å². The number of thioether (sulfide) groups is 1. The Kier molecular flexibility index (Phi) is 5.02. The van der Waals surface area contributed by atoms with Crippen molar-refractivity contribution in [2.24, 2.45) is 0 Å². The van der Waals surface area contributed by atoms with Gasteiger partial charge in [0.15, 0.2) is 0 Å². The van der Waals surface area contributed by atoms with Crippen LogP contribution in [0.5, 0.6) is 0 Å². The van der Waals surface area contributed by atoms with E-state index in [1.165, 1.54) is 11.8 Å². The van der Waals surface area contributed by atoms with Crippen molar-refractivity contribution < 1.29 is 9.90 Å². The van der Waals surface area contributed by atoms with E-state index in [-0.39, 0.29) is 11.2 Å². The van der Waals surface area contributed by atoms with E-state index in [2.05, 4.69) is 0 Å². The maximum Gasteiger partial charge on any atom is 0.235 e. The zero-order chi connectivity index (χ0) is 13.0. The molecule has 0 aromatic heterocycles. The van der Waals surface area contributed by atoms with E-state index >= 15 is 0 Å². The van der Waals surface area contributed by atoms with Gasteiger partial charge < -0.3 is 10.0 Å². The third-order valence-electron chi connectivity index (χ3n) is 2.46. The van der Waals surface area contributed by atoms with Crippen LogP contribution >= 0.6 is 11.8 Å². The van der Waals surface area contributed by atoms with Gasteiger partial charge in [-0.05, 0) is 31.5 Å². The molecule has 17 heavy (non-hydrogen) atoms. The monoisotopic (exact) mass is 253 g/mol. The summed E-state index contributed by atoms with van der Waals surface area (Å²) >= 11 is 1.53. The number of benzene rings is 1. The van der Waals surface area contributed by atoms with E-state index in [9.17, 15) is 9.90 Å². The molecule has 1 rings (SSSR count). The fraction of sp³-hybridized carbons (Fsp3) is 0.462. The molecule has 4 heteroatoms. The van der Waals surface area contributed by atoms with Gasteiger partial charge in [-0.2, -0.15) is 0 Å². The Morgan fingerprint density at radius 2 is 1.76 bits per heavy atom. The smallest absolute Gasteiger partial charge is 0.235 e. The number of hydrogen-bond donors (Lipinski definition) is 1. The van der Waals surface area contributed by atoms with E-state index in [0.717, 1.165) is 10.5 Å². The highest BCUT2D eigenvalue weighted by molar-refractivity contribution is 8.00. The van der Waals surface area contributed by atoms with Gasteiger partial charge in [0.25, 0.3) is 0 Å². The molecule has 94 valence electrons. The van der Waals surface area contributed by atoms with E-state index in [1.54, 1.807) is 25.9 Å². The minimum Gasteiger partial charge on any atom is -0.389 e. The van der Waals surface area contributed by atoms with Crippen LogP contribution in [0.15, 0.2) is 29.2 Å². The zero-order valence-electron chi connectivity index (χ0n) is 10.7. The van der Waals surface area contributed by atoms with E-state index in [0.29, 0.717) is 0 Å². The molecule has 0 aliphatic heterocycles. The van der Waals surface area contributed by atoms with Gasteiger partial charge in [-0.1, -0.05) is 12.1 Å². The topological polar surface area (TPSA) is 40.5 Å². The second-order valence-corrected chi connectivity index (χ2v) is 5.65. The molecule has 1 N–H and O–H groups in total. The van der Waals surface area contributed by atoms with Gasteiger partial charge in [-0.25, -0.2) is 0 Å². The summed E-state index contributed by atoms with van der Waals surface area (Å²) in [4.78, 5) is 14.3. The fourth-order valence-electron chi connectivity index (χ4n) is 1.44. The molecule has 0 heterocycles. The minimum atomic E-state index is -0.449. The number of aliphatic hydroxyl groups is 1. The maximum atomic E-state index is 11.7. The number of nitrogens with zero attached hydrogens (tertiary/aromatic N) is 1. The second kappa shape index (κ2) is 6.07. The van der Waals surface area contributed by atoms with E-state index in [1.807, 2.05) is 31.2 Å². The zero-order valence-corrected chi connectivity index (χ0v) is 11.5. The highest BCUT2D eigenvalue weighted by Crippen LogP contribution is 2.25. The first-order valence-electron chi connectivity index (χ1n) is 5.57. The number of carbonyl (C=O) groups is 1. The van der Waals surface area contributed by atoms with Gasteiger partial charge in [0.05, 0.1) is 11.4 Å². The summed E-state index contributed by atoms with van der Waals surface area (Å²) in [6.45, 7) is 3.63. The predicted octanol–water partition coefficient (Wildman–Crippen LogP) is 2.31. The molecular formula is C13H19NO2S. The van der Waals surface area contributed by atoms with Crippen LogP contribution in [0.25, 0.3) is 0 Å². The SMILES string of the molecule is CC(Sc1ccc(C(C)O)cc1)C(=O)N(C)C. The summed E-state index contributed by atoms with van der Waals surface area (Å²) in [6, 6.07) is 7.65. The van der Waals surface area contributed by atoms with Crippen LogP contribution in [-0.4, -0.2) is 35.3 Å². The largest absolute Gasteiger partial charge is 0.389 e. The first kappa shape index (κ1) is 14.1. The summed E-state index contributed by atoms with van der Waals surface area (Å²) < 4.78 is 0. The molecule has 0 fully saturated rings. The molecule has 1 amide bonds. The standard InChI is InChI=1S/C13H19NO2S/c1-9(15)11-5-7-12(8-6-11)17-10(2)13(16)14(3)4/h5-10,15H,1-4H3. The highest BCUT2D eigenvalue weighted by Gasteiger charge is 2.15. The fourth-order valence-corrected chi connectivity index (χ4v) is 2.46. The quantitative estimate of drug-likeness (QED) is 0.837. The lowest BCUT2D eigenvalue weighted by Crippen LogP contribution is -2.29. The van der Waals surface area contributed by atoms with Gasteiger partial charge in [-0.3, -0.25) is 4.79 Å². The van der Waals surface area contributed by atoms with Crippen molar-refractivity contribution in [2.75, 3.05) is 14.1 Å². The van der Waals surface area contributed by atoms with Crippen molar-refractivity contribution in [3.05, 3.63) is 29.8 Å². The number of aliphatic hydroxyl groups excluding tert-OH is 1. The molecule has 0 bridgehead atoms. The summed E-state index contributed by atoms with van der Waals surface area (Å²) in [5, 5.41) is 9.29. The summed E-state index contributed by atoms with van der Waals surface area (Å²) in [5.74, 6) is 0.106. The molecular weight excluding hydrogens is 234 g/mol. The lowest BCUT2D eigenvalue weighted by Gasteiger charge is -2.16. The summed E-state index contributed by atoms with van der Waals surface area (Å²) in [6.07, 6.45) is -0.449. The molecule has 3 nitrogen and oxygen atoms in total. The Hall–Kier alpha value is -1.00. The lowest BCUT2D eigenvalue weighted by atomic mass is 10.1. The van der Waals surface area contributed by atoms with Crippen LogP contribution in [0.1, 0.15) is 25.5 Å². The normalized spacial score (nSPS) is 14.2. The first-order valence-corrected chi connectivity index (χ1v) is 6.45. The van der Waals surface area contributed by atoms with Crippen LogP contribution in [0.3, 0.4) is 0 Å². The molecule has 1 aromatic rings. The van der Waals surface area contributed by atoms with Gasteiger partial charge in [-0.15, -0.1) is 11.8 Å². The number of carbonyl (C=O) groups excluding carboxylic acids is 1. The molecule has 2 unspecified atom stereocenters. The number of rotatable bonds is 4. The number of amides is 1. The van der Waals surface area contributed by atoms with E-state index < -0.39 is 6.10 Å². The van der Waals surface area contributed by atoms with Crippen molar-refractivity contribution >= 4 is 17.7 Å². The maximum absolute atomic E-state index is 11.7. The molecule has 0 aliphatic rings. The third kappa shape index (κ3) is 4.06. The Balaban J connectivity index is 2.66. The molecule has 2 atom stereocenters. The van der Waals surface area contributed by atoms with Crippen molar-refractivity contribution in [2.45, 2.75) is 30.1 Å². The lowest BCUT2D eigenvalue weighted by molar-refractivity contribution is -0.127. The van der Waals surface area contributed by atoms with Gasteiger partial charge in [0, 0.05) is 19.0 Å². The average molecular weight is 253 g/mol. The molecule has 0 aliphatic carbocycles. The van der Waals surface area contributed by atoms with Crippen LogP contribution in [-0.2, 0) is 4.79 Å². The Morgan fingerprint density at radius 1 is 1.24 bits per heavy atom. The minimum absolute atomic E-state index is 0.0950. The molecule has 0 radical (unpaired) electrons. The van der Waals surface area contributed by atoms with Crippen molar-refractivity contribution in [3.8, 4) is 0 Å². The third-order valence-corrected chi connectivity index (χ3v) is 3.56. The average Bonchev–Trinajstić information content (AvgIpc) is 2.28. The number of hydrogen-bond acceptors (Lipinski definition) is 3. The molecule has 0 saturated carbocycles. The van der Waals surface area contributed by atoms with Crippen molar-refractivity contribution in [3.63, 3.8) is 0 Å². The van der Waals surface area contributed by atoms with Crippen LogP contribution < -0.4 is 0 Å². The Bertz CT molecular complexity index is 374. The predicted molar refractivity (Wildman–Crippen MR) is 71.1 cm³/mol. The van der Waals surface area contributed by atoms with Crippen molar-refractivity contribution in [1.82, 2.24) is 4.90 Å².